The first-order chi connectivity index (χ1) is 6.81. The molecule has 1 heterocycles. The van der Waals surface area contributed by atoms with Crippen LogP contribution in [0.15, 0.2) is 48.7 Å². The zero-order chi connectivity index (χ0) is 9.97. The Labute approximate surface area is 83.8 Å². The van der Waals surface area contributed by atoms with Crippen LogP contribution in [0.3, 0.4) is 0 Å². The lowest BCUT2D eigenvalue weighted by molar-refractivity contribution is 1.46. The number of H-pyrrole nitrogens is 1. The van der Waals surface area contributed by atoms with Crippen LogP contribution >= 0.6 is 0 Å². The summed E-state index contributed by atoms with van der Waals surface area (Å²) in [5.41, 5.74) is 3.57. The Balaban J connectivity index is 2.59. The number of hydrogen-bond donors (Lipinski definition) is 1. The molecule has 0 aliphatic heterocycles. The molecular formula is C13H13N. The van der Waals surface area contributed by atoms with Crippen molar-refractivity contribution in [3.63, 3.8) is 0 Å². The molecular weight excluding hydrogens is 170 g/mol. The quantitative estimate of drug-likeness (QED) is 0.682. The van der Waals surface area contributed by atoms with E-state index in [9.17, 15) is 0 Å². The van der Waals surface area contributed by atoms with Crippen molar-refractivity contribution >= 4 is 17.0 Å². The maximum atomic E-state index is 3.74. The van der Waals surface area contributed by atoms with E-state index in [0.29, 0.717) is 0 Å². The molecule has 0 amide bonds. The summed E-state index contributed by atoms with van der Waals surface area (Å²) in [6.45, 7) is 5.79. The van der Waals surface area contributed by atoms with Crippen LogP contribution in [-0.4, -0.2) is 4.98 Å². The van der Waals surface area contributed by atoms with E-state index in [2.05, 4.69) is 42.8 Å². The number of allylic oxidation sites excluding steroid dienone is 2. The van der Waals surface area contributed by atoms with Gasteiger partial charge in [0.1, 0.15) is 0 Å². The van der Waals surface area contributed by atoms with Crippen molar-refractivity contribution < 1.29 is 0 Å². The Morgan fingerprint density at radius 3 is 2.93 bits per heavy atom. The van der Waals surface area contributed by atoms with E-state index in [4.69, 9.17) is 0 Å². The Bertz CT molecular complexity index is 489. The second kappa shape index (κ2) is 3.54. The fourth-order valence-corrected chi connectivity index (χ4v) is 1.52. The molecule has 2 aromatic rings. The number of para-hydroxylation sites is 1. The summed E-state index contributed by atoms with van der Waals surface area (Å²) in [5, 5.41) is 1.26. The lowest BCUT2D eigenvalue weighted by Gasteiger charge is -1.92. The molecule has 0 unspecified atom stereocenters. The standard InChI is InChI=1S/C13H13N/c1-3-10(2)8-11-9-14-13-7-5-4-6-12(11)13/h3-9,14H,1H2,2H3. The van der Waals surface area contributed by atoms with Gasteiger partial charge in [-0.15, -0.1) is 0 Å². The van der Waals surface area contributed by atoms with E-state index in [0.717, 1.165) is 0 Å². The highest BCUT2D eigenvalue weighted by Crippen LogP contribution is 2.20. The highest BCUT2D eigenvalue weighted by Gasteiger charge is 1.98. The number of nitrogens with one attached hydrogen (secondary N) is 1. The monoisotopic (exact) mass is 183 g/mol. The molecule has 0 spiro atoms. The van der Waals surface area contributed by atoms with E-state index in [1.54, 1.807) is 0 Å². The van der Waals surface area contributed by atoms with Crippen LogP contribution in [0.25, 0.3) is 17.0 Å². The number of aromatic nitrogens is 1. The third kappa shape index (κ3) is 1.49. The lowest BCUT2D eigenvalue weighted by atomic mass is 10.1. The second-order valence-corrected chi connectivity index (χ2v) is 3.38. The van der Waals surface area contributed by atoms with Gasteiger partial charge in [0, 0.05) is 22.7 Å². The van der Waals surface area contributed by atoms with Gasteiger partial charge in [0.05, 0.1) is 0 Å². The average molecular weight is 183 g/mol. The summed E-state index contributed by atoms with van der Waals surface area (Å²) in [4.78, 5) is 3.24. The van der Waals surface area contributed by atoms with Crippen LogP contribution in [0.2, 0.25) is 0 Å². The van der Waals surface area contributed by atoms with Gasteiger partial charge >= 0.3 is 0 Å². The highest BCUT2D eigenvalue weighted by molar-refractivity contribution is 5.89. The predicted molar refractivity (Wildman–Crippen MR) is 62.1 cm³/mol. The van der Waals surface area contributed by atoms with Crippen LogP contribution in [0, 0.1) is 0 Å². The maximum absolute atomic E-state index is 3.74. The molecule has 0 saturated carbocycles. The van der Waals surface area contributed by atoms with Crippen molar-refractivity contribution in [1.82, 2.24) is 4.98 Å². The van der Waals surface area contributed by atoms with E-state index in [1.807, 2.05) is 18.3 Å². The van der Waals surface area contributed by atoms with E-state index >= 15 is 0 Å². The molecule has 1 aromatic carbocycles. The third-order valence-corrected chi connectivity index (χ3v) is 2.33. The van der Waals surface area contributed by atoms with Gasteiger partial charge in [0.2, 0.25) is 0 Å². The average Bonchev–Trinajstić information content (AvgIpc) is 2.62. The maximum Gasteiger partial charge on any atom is 0.0460 e. The zero-order valence-electron chi connectivity index (χ0n) is 8.25. The van der Waals surface area contributed by atoms with Gasteiger partial charge in [-0.05, 0) is 19.1 Å². The normalized spacial score (nSPS) is 11.9. The SMILES string of the molecule is C=CC(C)=Cc1c[nH]c2ccccc12. The summed E-state index contributed by atoms with van der Waals surface area (Å²) in [7, 11) is 0. The first-order valence-corrected chi connectivity index (χ1v) is 4.68. The number of aromatic amines is 1. The highest BCUT2D eigenvalue weighted by atomic mass is 14.7. The van der Waals surface area contributed by atoms with E-state index < -0.39 is 0 Å². The van der Waals surface area contributed by atoms with Crippen molar-refractivity contribution in [2.45, 2.75) is 6.92 Å². The van der Waals surface area contributed by atoms with E-state index in [-0.39, 0.29) is 0 Å². The number of rotatable bonds is 2. The largest absolute Gasteiger partial charge is 0.361 e. The fourth-order valence-electron chi connectivity index (χ4n) is 1.52. The molecule has 1 heteroatoms. The summed E-state index contributed by atoms with van der Waals surface area (Å²) < 4.78 is 0. The fraction of sp³-hybridized carbons (Fsp3) is 0.0769. The van der Waals surface area contributed by atoms with Crippen molar-refractivity contribution in [3.8, 4) is 0 Å². The van der Waals surface area contributed by atoms with E-state index in [1.165, 1.54) is 22.0 Å². The number of benzene rings is 1. The van der Waals surface area contributed by atoms with Crippen molar-refractivity contribution in [1.29, 1.82) is 0 Å². The summed E-state index contributed by atoms with van der Waals surface area (Å²) >= 11 is 0. The Hall–Kier alpha value is -1.76. The van der Waals surface area contributed by atoms with Crippen molar-refractivity contribution in [2.24, 2.45) is 0 Å². The van der Waals surface area contributed by atoms with Crippen LogP contribution < -0.4 is 0 Å². The van der Waals surface area contributed by atoms with Gasteiger partial charge in [0.15, 0.2) is 0 Å². The van der Waals surface area contributed by atoms with Gasteiger partial charge in [-0.3, -0.25) is 0 Å². The Morgan fingerprint density at radius 1 is 1.36 bits per heavy atom. The molecule has 0 radical (unpaired) electrons. The second-order valence-electron chi connectivity index (χ2n) is 3.38. The molecule has 14 heavy (non-hydrogen) atoms. The summed E-state index contributed by atoms with van der Waals surface area (Å²) in [6.07, 6.45) is 6.02. The Morgan fingerprint density at radius 2 is 2.14 bits per heavy atom. The van der Waals surface area contributed by atoms with Crippen LogP contribution in [0.1, 0.15) is 12.5 Å². The van der Waals surface area contributed by atoms with Crippen molar-refractivity contribution in [2.75, 3.05) is 0 Å². The lowest BCUT2D eigenvalue weighted by Crippen LogP contribution is -1.70. The molecule has 1 nitrogen and oxygen atoms in total. The molecule has 0 bridgehead atoms. The van der Waals surface area contributed by atoms with Crippen LogP contribution in [-0.2, 0) is 0 Å². The molecule has 0 aliphatic rings. The zero-order valence-corrected chi connectivity index (χ0v) is 8.25. The van der Waals surface area contributed by atoms with Crippen LogP contribution in [0.4, 0.5) is 0 Å². The minimum atomic E-state index is 1.18. The third-order valence-electron chi connectivity index (χ3n) is 2.33. The van der Waals surface area contributed by atoms with Gasteiger partial charge in [0.25, 0.3) is 0 Å². The van der Waals surface area contributed by atoms with Gasteiger partial charge in [-0.2, -0.15) is 0 Å². The summed E-state index contributed by atoms with van der Waals surface area (Å²) in [5.74, 6) is 0. The molecule has 0 saturated heterocycles. The smallest absolute Gasteiger partial charge is 0.0460 e. The number of fused-ring (bicyclic) bond motifs is 1. The molecule has 1 aromatic heterocycles. The predicted octanol–water partition coefficient (Wildman–Crippen LogP) is 3.76. The Kier molecular flexibility index (Phi) is 2.23. The van der Waals surface area contributed by atoms with Crippen LogP contribution in [0.5, 0.6) is 0 Å². The summed E-state index contributed by atoms with van der Waals surface area (Å²) in [6, 6.07) is 8.29. The van der Waals surface area contributed by atoms with Crippen molar-refractivity contribution in [3.05, 3.63) is 54.3 Å². The molecule has 0 atom stereocenters. The minimum absolute atomic E-state index is 1.18. The van der Waals surface area contributed by atoms with Gasteiger partial charge in [-0.25, -0.2) is 0 Å². The topological polar surface area (TPSA) is 15.8 Å². The molecule has 0 aliphatic carbocycles. The molecule has 1 N–H and O–H groups in total. The number of hydrogen-bond acceptors (Lipinski definition) is 0. The first kappa shape index (κ1) is 8.82. The minimum Gasteiger partial charge on any atom is -0.361 e. The first-order valence-electron chi connectivity index (χ1n) is 4.68. The van der Waals surface area contributed by atoms with Gasteiger partial charge < -0.3 is 4.98 Å². The molecule has 0 fully saturated rings. The van der Waals surface area contributed by atoms with Gasteiger partial charge in [-0.1, -0.05) is 36.4 Å². The molecule has 2 rings (SSSR count). The molecule has 70 valence electrons.